The minimum atomic E-state index is -1.08. The summed E-state index contributed by atoms with van der Waals surface area (Å²) < 4.78 is 0. The van der Waals surface area contributed by atoms with Crippen molar-refractivity contribution >= 4 is 17.1 Å². The molecule has 0 radical (unpaired) electrons. The monoisotopic (exact) mass is 467 g/mol. The molecule has 1 saturated heterocycles. The number of nitrogens with one attached hydrogen (secondary N) is 1. The van der Waals surface area contributed by atoms with Crippen LogP contribution in [-0.2, 0) is 15.3 Å². The molecule has 2 atom stereocenters. The predicted octanol–water partition coefficient (Wildman–Crippen LogP) is 6.22. The molecule has 178 valence electrons. The van der Waals surface area contributed by atoms with Crippen molar-refractivity contribution in [1.29, 1.82) is 0 Å². The minimum absolute atomic E-state index is 0.341. The number of para-hydroxylation sites is 1. The van der Waals surface area contributed by atoms with Gasteiger partial charge in [-0.25, -0.2) is 15.0 Å². The molecule has 6 nitrogen and oxygen atoms in total. The number of hydrogen-bond acceptors (Lipinski definition) is 6. The Labute approximate surface area is 205 Å². The van der Waals surface area contributed by atoms with Gasteiger partial charge in [0.05, 0.1) is 23.6 Å². The summed E-state index contributed by atoms with van der Waals surface area (Å²) in [5.74, 6) is 0. The van der Waals surface area contributed by atoms with E-state index in [2.05, 4.69) is 5.48 Å². The SMILES string of the molecule is Cc1ccc(NO[C@@]2(c3ccccc3)CN(c3ccc(C)cc3)O[C@@H]2N(O)c2ccccc2)cc1. The molecule has 0 spiro atoms. The number of hydroxylamine groups is 2. The zero-order chi connectivity index (χ0) is 24.3. The molecule has 0 bridgehead atoms. The third-order valence-corrected chi connectivity index (χ3v) is 6.23. The van der Waals surface area contributed by atoms with Crippen molar-refractivity contribution in [1.82, 2.24) is 0 Å². The van der Waals surface area contributed by atoms with Gasteiger partial charge in [0.25, 0.3) is 0 Å². The molecule has 4 aromatic carbocycles. The van der Waals surface area contributed by atoms with Crippen LogP contribution in [0.25, 0.3) is 0 Å². The van der Waals surface area contributed by atoms with E-state index < -0.39 is 11.8 Å². The molecule has 5 rings (SSSR count). The van der Waals surface area contributed by atoms with Gasteiger partial charge in [-0.2, -0.15) is 0 Å². The molecular weight excluding hydrogens is 438 g/mol. The number of rotatable bonds is 7. The van der Waals surface area contributed by atoms with Crippen molar-refractivity contribution in [3.05, 3.63) is 126 Å². The highest BCUT2D eigenvalue weighted by molar-refractivity contribution is 5.51. The summed E-state index contributed by atoms with van der Waals surface area (Å²) >= 11 is 0. The summed E-state index contributed by atoms with van der Waals surface area (Å²) in [4.78, 5) is 12.9. The fraction of sp³-hybridized carbons (Fsp3) is 0.172. The van der Waals surface area contributed by atoms with Gasteiger partial charge >= 0.3 is 0 Å². The molecule has 0 aromatic heterocycles. The molecule has 35 heavy (non-hydrogen) atoms. The van der Waals surface area contributed by atoms with Gasteiger partial charge in [-0.1, -0.05) is 83.9 Å². The van der Waals surface area contributed by atoms with Crippen LogP contribution >= 0.6 is 0 Å². The van der Waals surface area contributed by atoms with Crippen LogP contribution in [0.15, 0.2) is 109 Å². The van der Waals surface area contributed by atoms with Crippen LogP contribution in [0.2, 0.25) is 0 Å². The summed E-state index contributed by atoms with van der Waals surface area (Å²) in [7, 11) is 0. The normalized spacial score (nSPS) is 19.5. The van der Waals surface area contributed by atoms with E-state index in [1.54, 1.807) is 5.06 Å². The van der Waals surface area contributed by atoms with Crippen molar-refractivity contribution in [2.24, 2.45) is 0 Å². The highest BCUT2D eigenvalue weighted by atomic mass is 16.8. The van der Waals surface area contributed by atoms with Crippen LogP contribution in [0.1, 0.15) is 16.7 Å². The lowest BCUT2D eigenvalue weighted by Gasteiger charge is -2.36. The smallest absolute Gasteiger partial charge is 0.218 e. The number of nitrogens with zero attached hydrogens (tertiary/aromatic N) is 2. The molecule has 1 heterocycles. The molecule has 0 saturated carbocycles. The maximum atomic E-state index is 11.4. The summed E-state index contributed by atoms with van der Waals surface area (Å²) in [6.07, 6.45) is -0.883. The molecule has 6 heteroatoms. The zero-order valence-electron chi connectivity index (χ0n) is 19.8. The molecule has 1 aliphatic heterocycles. The van der Waals surface area contributed by atoms with Gasteiger partial charge in [0, 0.05) is 0 Å². The van der Waals surface area contributed by atoms with Crippen LogP contribution in [0.5, 0.6) is 0 Å². The quantitative estimate of drug-likeness (QED) is 0.315. The van der Waals surface area contributed by atoms with E-state index in [0.29, 0.717) is 12.2 Å². The minimum Gasteiger partial charge on any atom is -0.286 e. The first-order valence-corrected chi connectivity index (χ1v) is 11.7. The van der Waals surface area contributed by atoms with Crippen LogP contribution in [0.3, 0.4) is 0 Å². The lowest BCUT2D eigenvalue weighted by atomic mass is 9.91. The molecule has 0 unspecified atom stereocenters. The number of hydrogen-bond donors (Lipinski definition) is 2. The van der Waals surface area contributed by atoms with E-state index in [4.69, 9.17) is 9.68 Å². The zero-order valence-corrected chi connectivity index (χ0v) is 19.8. The first kappa shape index (κ1) is 22.9. The first-order chi connectivity index (χ1) is 17.0. The third kappa shape index (κ3) is 4.72. The second-order valence-electron chi connectivity index (χ2n) is 8.84. The largest absolute Gasteiger partial charge is 0.286 e. The van der Waals surface area contributed by atoms with Crippen molar-refractivity contribution in [2.75, 3.05) is 22.2 Å². The molecule has 0 amide bonds. The van der Waals surface area contributed by atoms with Crippen LogP contribution in [-0.4, -0.2) is 18.0 Å². The highest BCUT2D eigenvalue weighted by Crippen LogP contribution is 2.42. The van der Waals surface area contributed by atoms with E-state index in [9.17, 15) is 5.21 Å². The number of anilines is 3. The Kier molecular flexibility index (Phi) is 6.42. The van der Waals surface area contributed by atoms with E-state index in [1.165, 1.54) is 0 Å². The first-order valence-electron chi connectivity index (χ1n) is 11.7. The van der Waals surface area contributed by atoms with Crippen LogP contribution < -0.4 is 15.6 Å². The van der Waals surface area contributed by atoms with Crippen molar-refractivity contribution < 1.29 is 14.9 Å². The Hall–Kier alpha value is -3.84. The summed E-state index contributed by atoms with van der Waals surface area (Å²) in [5, 5.41) is 14.3. The Morgan fingerprint density at radius 2 is 1.40 bits per heavy atom. The van der Waals surface area contributed by atoms with Crippen molar-refractivity contribution in [2.45, 2.75) is 25.7 Å². The van der Waals surface area contributed by atoms with Gasteiger partial charge in [-0.05, 0) is 55.8 Å². The fourth-order valence-corrected chi connectivity index (χ4v) is 4.22. The Bertz CT molecular complexity index is 1230. The average Bonchev–Trinajstić information content (AvgIpc) is 3.30. The van der Waals surface area contributed by atoms with E-state index in [-0.39, 0.29) is 0 Å². The fourth-order valence-electron chi connectivity index (χ4n) is 4.22. The summed E-state index contributed by atoms with van der Waals surface area (Å²) in [6, 6.07) is 35.2. The van der Waals surface area contributed by atoms with Gasteiger partial charge in [-0.3, -0.25) is 15.5 Å². The predicted molar refractivity (Wildman–Crippen MR) is 138 cm³/mol. The van der Waals surface area contributed by atoms with Crippen LogP contribution in [0, 0.1) is 13.8 Å². The molecule has 1 aliphatic rings. The number of aryl methyl sites for hydroxylation is 2. The Morgan fingerprint density at radius 3 is 2.03 bits per heavy atom. The van der Waals surface area contributed by atoms with E-state index in [1.807, 2.05) is 123 Å². The van der Waals surface area contributed by atoms with Crippen molar-refractivity contribution in [3.8, 4) is 0 Å². The Balaban J connectivity index is 1.57. The second kappa shape index (κ2) is 9.80. The van der Waals surface area contributed by atoms with Gasteiger partial charge in [-0.15, -0.1) is 0 Å². The standard InChI is InChI=1S/C29H29N3O3/c1-22-13-17-25(18-14-22)30-35-29(24-9-5-3-6-10-24)21-31(26-19-15-23(2)16-20-26)34-28(29)32(33)27-11-7-4-8-12-27/h3-20,28,30,33H,21H2,1-2H3/t28-,29+/m0/s1. The summed E-state index contributed by atoms with van der Waals surface area (Å²) in [6.45, 7) is 4.43. The molecule has 4 aromatic rings. The topological polar surface area (TPSA) is 57.2 Å². The van der Waals surface area contributed by atoms with E-state index in [0.717, 1.165) is 33.1 Å². The van der Waals surface area contributed by atoms with Gasteiger partial charge in [0.2, 0.25) is 6.23 Å². The molecular formula is C29H29N3O3. The lowest BCUT2D eigenvalue weighted by molar-refractivity contribution is -0.101. The third-order valence-electron chi connectivity index (χ3n) is 6.23. The highest BCUT2D eigenvalue weighted by Gasteiger charge is 2.55. The summed E-state index contributed by atoms with van der Waals surface area (Å²) in [5.41, 5.74) is 7.51. The van der Waals surface area contributed by atoms with Gasteiger partial charge < -0.3 is 0 Å². The molecule has 1 fully saturated rings. The average molecular weight is 468 g/mol. The Morgan fingerprint density at radius 1 is 0.829 bits per heavy atom. The maximum Gasteiger partial charge on any atom is 0.218 e. The van der Waals surface area contributed by atoms with Crippen molar-refractivity contribution in [3.63, 3.8) is 0 Å². The molecule has 0 aliphatic carbocycles. The second-order valence-corrected chi connectivity index (χ2v) is 8.84. The molecule has 2 N–H and O–H groups in total. The number of benzene rings is 4. The maximum absolute atomic E-state index is 11.4. The van der Waals surface area contributed by atoms with Crippen LogP contribution in [0.4, 0.5) is 17.1 Å². The van der Waals surface area contributed by atoms with Gasteiger partial charge in [0.15, 0.2) is 5.60 Å². The lowest BCUT2D eigenvalue weighted by Crippen LogP contribution is -2.51. The van der Waals surface area contributed by atoms with E-state index >= 15 is 0 Å². The van der Waals surface area contributed by atoms with Gasteiger partial charge in [0.1, 0.15) is 0 Å².